The van der Waals surface area contributed by atoms with E-state index in [-0.39, 0.29) is 26.4 Å². The number of hydrogen-bond acceptors (Lipinski definition) is 8. The van der Waals surface area contributed by atoms with Gasteiger partial charge >= 0.3 is 5.97 Å². The molecule has 224 valence electrons. The van der Waals surface area contributed by atoms with Crippen molar-refractivity contribution in [3.05, 3.63) is 108 Å². The van der Waals surface area contributed by atoms with Gasteiger partial charge in [-0.3, -0.25) is 10.2 Å². The largest absolute Gasteiger partial charge is 0.463 e. The van der Waals surface area contributed by atoms with Crippen molar-refractivity contribution in [2.45, 2.75) is 61.2 Å². The molecule has 0 amide bonds. The highest BCUT2D eigenvalue weighted by Crippen LogP contribution is 2.34. The van der Waals surface area contributed by atoms with Gasteiger partial charge in [0.05, 0.1) is 19.8 Å². The summed E-state index contributed by atoms with van der Waals surface area (Å²) in [5.41, 5.74) is 2.72. The molecule has 0 aromatic heterocycles. The number of rotatable bonds is 12. The Morgan fingerprint density at radius 1 is 0.738 bits per heavy atom. The zero-order valence-corrected chi connectivity index (χ0v) is 25.1. The van der Waals surface area contributed by atoms with Crippen LogP contribution < -0.4 is 0 Å². The maximum absolute atomic E-state index is 11.8. The van der Waals surface area contributed by atoms with Crippen molar-refractivity contribution in [1.29, 1.82) is 5.41 Å². The van der Waals surface area contributed by atoms with Gasteiger partial charge in [0.25, 0.3) is 3.79 Å². The first-order valence-electron chi connectivity index (χ1n) is 13.3. The predicted octanol–water partition coefficient (Wildman–Crippen LogP) is 6.39. The maximum atomic E-state index is 11.8. The molecule has 1 unspecified atom stereocenters. The Labute approximate surface area is 260 Å². The van der Waals surface area contributed by atoms with Gasteiger partial charge in [-0.25, -0.2) is 0 Å². The number of nitrogens with one attached hydrogen (secondary N) is 1. The zero-order valence-electron chi connectivity index (χ0n) is 22.9. The van der Waals surface area contributed by atoms with Gasteiger partial charge in [0.1, 0.15) is 31.0 Å². The lowest BCUT2D eigenvalue weighted by atomic mass is 9.97. The van der Waals surface area contributed by atoms with Crippen LogP contribution >= 0.6 is 34.8 Å². The van der Waals surface area contributed by atoms with Crippen molar-refractivity contribution in [2.24, 2.45) is 0 Å². The number of ether oxygens (including phenoxy) is 6. The monoisotopic (exact) mass is 635 g/mol. The number of benzene rings is 3. The zero-order chi connectivity index (χ0) is 30.0. The van der Waals surface area contributed by atoms with Gasteiger partial charge in [-0.15, -0.1) is 0 Å². The van der Waals surface area contributed by atoms with E-state index in [0.29, 0.717) is 0 Å². The van der Waals surface area contributed by atoms with Crippen LogP contribution in [0, 0.1) is 5.41 Å². The Kier molecular flexibility index (Phi) is 12.0. The summed E-state index contributed by atoms with van der Waals surface area (Å²) in [7, 11) is 0. The first kappa shape index (κ1) is 32.2. The molecular weight excluding hydrogens is 605 g/mol. The fraction of sp³-hybridized carbons (Fsp3) is 0.355. The normalized spacial score (nSPS) is 22.3. The smallest absolute Gasteiger partial charge is 0.302 e. The molecule has 0 spiro atoms. The van der Waals surface area contributed by atoms with E-state index in [1.165, 1.54) is 6.92 Å². The molecule has 1 heterocycles. The van der Waals surface area contributed by atoms with Crippen molar-refractivity contribution in [3.8, 4) is 0 Å². The fourth-order valence-corrected chi connectivity index (χ4v) is 4.49. The van der Waals surface area contributed by atoms with E-state index in [1.807, 2.05) is 91.0 Å². The quantitative estimate of drug-likeness (QED) is 0.106. The average Bonchev–Trinajstić information content (AvgIpc) is 2.98. The molecule has 8 nitrogen and oxygen atoms in total. The second-order valence-corrected chi connectivity index (χ2v) is 11.9. The molecule has 1 N–H and O–H groups in total. The van der Waals surface area contributed by atoms with Crippen molar-refractivity contribution in [1.82, 2.24) is 0 Å². The molecule has 1 saturated heterocycles. The van der Waals surface area contributed by atoms with Crippen molar-refractivity contribution in [3.63, 3.8) is 0 Å². The summed E-state index contributed by atoms with van der Waals surface area (Å²) >= 11 is 17.8. The number of halogens is 3. The second kappa shape index (κ2) is 15.7. The van der Waals surface area contributed by atoms with Crippen LogP contribution in [0.4, 0.5) is 0 Å². The molecule has 3 aromatic carbocycles. The van der Waals surface area contributed by atoms with Crippen LogP contribution in [0.25, 0.3) is 0 Å². The van der Waals surface area contributed by atoms with Crippen LogP contribution in [0.15, 0.2) is 91.0 Å². The highest BCUT2D eigenvalue weighted by Gasteiger charge is 2.51. The molecule has 0 radical (unpaired) electrons. The van der Waals surface area contributed by atoms with Gasteiger partial charge in [-0.1, -0.05) is 126 Å². The van der Waals surface area contributed by atoms with Crippen LogP contribution in [0.3, 0.4) is 0 Å². The number of alkyl halides is 3. The first-order chi connectivity index (χ1) is 20.2. The number of esters is 1. The molecule has 4 rings (SSSR count). The Morgan fingerprint density at radius 2 is 1.17 bits per heavy atom. The minimum absolute atomic E-state index is 0.168. The van der Waals surface area contributed by atoms with E-state index in [1.54, 1.807) is 0 Å². The van der Waals surface area contributed by atoms with Crippen molar-refractivity contribution < 1.29 is 33.2 Å². The Balaban J connectivity index is 1.68. The van der Waals surface area contributed by atoms with Crippen LogP contribution in [0.1, 0.15) is 23.6 Å². The molecule has 42 heavy (non-hydrogen) atoms. The molecule has 5 atom stereocenters. The first-order valence-corrected chi connectivity index (χ1v) is 14.4. The molecule has 0 aliphatic carbocycles. The van der Waals surface area contributed by atoms with E-state index >= 15 is 0 Å². The topological polar surface area (TPSA) is 96.3 Å². The van der Waals surface area contributed by atoms with Gasteiger partial charge in [-0.05, 0) is 16.7 Å². The van der Waals surface area contributed by atoms with E-state index in [2.05, 4.69) is 0 Å². The van der Waals surface area contributed by atoms with Crippen LogP contribution in [0.5, 0.6) is 0 Å². The Hall–Kier alpha value is -2.69. The van der Waals surface area contributed by atoms with E-state index in [9.17, 15) is 4.79 Å². The summed E-state index contributed by atoms with van der Waals surface area (Å²) in [5.74, 6) is -1.17. The third kappa shape index (κ3) is 9.67. The van der Waals surface area contributed by atoms with Crippen LogP contribution in [-0.2, 0) is 53.0 Å². The van der Waals surface area contributed by atoms with Gasteiger partial charge < -0.3 is 28.4 Å². The highest BCUT2D eigenvalue weighted by atomic mass is 35.6. The summed E-state index contributed by atoms with van der Waals surface area (Å²) in [5, 5.41) is 8.23. The molecule has 0 bridgehead atoms. The van der Waals surface area contributed by atoms with E-state index < -0.39 is 46.4 Å². The van der Waals surface area contributed by atoms with Gasteiger partial charge in [0, 0.05) is 6.92 Å². The lowest BCUT2D eigenvalue weighted by Gasteiger charge is -2.45. The van der Waals surface area contributed by atoms with Gasteiger partial charge in [-0.2, -0.15) is 0 Å². The highest BCUT2D eigenvalue weighted by molar-refractivity contribution is 6.76. The second-order valence-electron chi connectivity index (χ2n) is 9.57. The van der Waals surface area contributed by atoms with Crippen LogP contribution in [0.2, 0.25) is 0 Å². The SMILES string of the molecule is CC(=O)OC[C@H]1OC(OC(=N)C(Cl)(Cl)Cl)[C@@H](OCc2ccccc2)[C@@H](OCc2ccccc2)[C@@H]1OCc1ccccc1. The number of carbonyl (C=O) groups is 1. The minimum Gasteiger partial charge on any atom is -0.463 e. The molecule has 1 aliphatic rings. The third-order valence-electron chi connectivity index (χ3n) is 6.39. The van der Waals surface area contributed by atoms with Crippen molar-refractivity contribution in [2.75, 3.05) is 6.61 Å². The van der Waals surface area contributed by atoms with Gasteiger partial charge in [0.2, 0.25) is 12.2 Å². The van der Waals surface area contributed by atoms with E-state index in [0.717, 1.165) is 16.7 Å². The average molecular weight is 637 g/mol. The lowest BCUT2D eigenvalue weighted by Crippen LogP contribution is -2.62. The molecule has 11 heteroatoms. The van der Waals surface area contributed by atoms with E-state index in [4.69, 9.17) is 68.6 Å². The molecule has 3 aromatic rings. The molecular formula is C31H32Cl3NO7. The molecule has 0 saturated carbocycles. The fourth-order valence-electron chi connectivity index (χ4n) is 4.36. The summed E-state index contributed by atoms with van der Waals surface area (Å²) in [6, 6.07) is 28.7. The Morgan fingerprint density at radius 3 is 1.60 bits per heavy atom. The number of carbonyl (C=O) groups excluding carboxylic acids is 1. The van der Waals surface area contributed by atoms with Gasteiger partial charge in [0.15, 0.2) is 0 Å². The summed E-state index contributed by atoms with van der Waals surface area (Å²) in [6.07, 6.45) is -4.69. The Bertz CT molecular complexity index is 1260. The minimum atomic E-state index is -2.15. The standard InChI is InChI=1S/C31H32Cl3NO7/c1-21(36)37-20-25-26(38-17-22-11-5-2-6-12-22)27(39-18-23-13-7-3-8-14-23)28(40-19-24-15-9-4-10-16-24)29(41-25)42-30(35)31(32,33)34/h2-16,25-29,35H,17-20H2,1H3/t25-,26-,27+,28+,29?/m1/s1. The predicted molar refractivity (Wildman–Crippen MR) is 159 cm³/mol. The van der Waals surface area contributed by atoms with Crippen molar-refractivity contribution >= 4 is 46.7 Å². The van der Waals surface area contributed by atoms with Crippen LogP contribution in [-0.4, -0.2) is 53.0 Å². The number of hydrogen-bond donors (Lipinski definition) is 1. The maximum Gasteiger partial charge on any atom is 0.302 e. The molecule has 1 fully saturated rings. The molecule has 1 aliphatic heterocycles. The summed E-state index contributed by atoms with van der Waals surface area (Å²) in [4.78, 5) is 11.8. The summed E-state index contributed by atoms with van der Waals surface area (Å²) in [6.45, 7) is 1.71. The lowest BCUT2D eigenvalue weighted by molar-refractivity contribution is -0.312. The summed E-state index contributed by atoms with van der Waals surface area (Å²) < 4.78 is 34.4. The third-order valence-corrected chi connectivity index (χ3v) is 6.90.